The van der Waals surface area contributed by atoms with Gasteiger partial charge < -0.3 is 10.2 Å². The molecule has 0 aliphatic carbocycles. The number of carbonyl (C=O) groups excluding carboxylic acids is 4. The maximum Gasteiger partial charge on any atom is 0.266 e. The predicted molar refractivity (Wildman–Crippen MR) is 133 cm³/mol. The molecule has 1 fully saturated rings. The average molecular weight is 488 g/mol. The van der Waals surface area contributed by atoms with Gasteiger partial charge in [-0.15, -0.1) is 0 Å². The molecule has 0 bridgehead atoms. The van der Waals surface area contributed by atoms with Crippen molar-refractivity contribution in [2.75, 3.05) is 16.3 Å². The van der Waals surface area contributed by atoms with Crippen LogP contribution in [-0.4, -0.2) is 30.2 Å². The predicted octanol–water partition coefficient (Wildman–Crippen LogP) is 4.76. The second kappa shape index (κ2) is 9.00. The molecule has 4 amide bonds. The first kappa shape index (κ1) is 22.8. The Morgan fingerprint density at radius 1 is 0.943 bits per heavy atom. The number of halogens is 1. The summed E-state index contributed by atoms with van der Waals surface area (Å²) in [6.45, 7) is 2.58. The van der Waals surface area contributed by atoms with Crippen LogP contribution in [0.4, 0.5) is 11.4 Å². The van der Waals surface area contributed by atoms with E-state index >= 15 is 0 Å². The molecule has 3 aromatic carbocycles. The molecule has 0 radical (unpaired) electrons. The van der Waals surface area contributed by atoms with Crippen molar-refractivity contribution >= 4 is 46.6 Å². The number of nitrogens with zero attached hydrogens (tertiary/aromatic N) is 2. The lowest BCUT2D eigenvalue weighted by Gasteiger charge is -2.18. The van der Waals surface area contributed by atoms with Gasteiger partial charge in [-0.1, -0.05) is 35.9 Å². The highest BCUT2D eigenvalue weighted by Gasteiger charge is 2.38. The highest BCUT2D eigenvalue weighted by atomic mass is 35.5. The zero-order valence-electron chi connectivity index (χ0n) is 19.0. The molecular weight excluding hydrogens is 466 g/mol. The van der Waals surface area contributed by atoms with E-state index in [4.69, 9.17) is 11.6 Å². The summed E-state index contributed by atoms with van der Waals surface area (Å²) in [4.78, 5) is 53.6. The zero-order chi connectivity index (χ0) is 24.7. The van der Waals surface area contributed by atoms with Crippen molar-refractivity contribution in [2.24, 2.45) is 0 Å². The Labute approximate surface area is 207 Å². The number of imide groups is 1. The van der Waals surface area contributed by atoms with Crippen molar-refractivity contribution in [3.8, 4) is 0 Å². The molecule has 8 heteroatoms. The van der Waals surface area contributed by atoms with Crippen molar-refractivity contribution in [2.45, 2.75) is 25.8 Å². The molecule has 7 nitrogen and oxygen atoms in total. The van der Waals surface area contributed by atoms with Crippen molar-refractivity contribution in [1.29, 1.82) is 0 Å². The number of hydrogen-bond acceptors (Lipinski definition) is 4. The van der Waals surface area contributed by atoms with Gasteiger partial charge in [-0.25, -0.2) is 4.90 Å². The van der Waals surface area contributed by atoms with Gasteiger partial charge in [-0.05, 0) is 61.4 Å². The molecule has 1 atom stereocenters. The molecule has 2 heterocycles. The maximum absolute atomic E-state index is 13.0. The summed E-state index contributed by atoms with van der Waals surface area (Å²) in [5.74, 6) is -1.24. The van der Waals surface area contributed by atoms with E-state index in [0.717, 1.165) is 29.1 Å². The number of para-hydroxylation sites is 1. The molecule has 1 saturated heterocycles. The molecule has 1 unspecified atom stereocenters. The summed E-state index contributed by atoms with van der Waals surface area (Å²) < 4.78 is 0. The number of hydrogen-bond donors (Lipinski definition) is 1. The maximum atomic E-state index is 13.0. The number of benzene rings is 3. The summed E-state index contributed by atoms with van der Waals surface area (Å²) in [7, 11) is 0. The lowest BCUT2D eigenvalue weighted by Crippen LogP contribution is -2.29. The SMILES string of the molecule is CC(NC(=O)c1ccc2c(c1)C(=O)N(c1ccccc1Cl)C2=O)c1ccc(N2CCCC2=O)cc1. The summed E-state index contributed by atoms with van der Waals surface area (Å²) in [6, 6.07) is 18.3. The van der Waals surface area contributed by atoms with E-state index in [0.29, 0.717) is 12.1 Å². The van der Waals surface area contributed by atoms with Crippen LogP contribution >= 0.6 is 11.6 Å². The highest BCUT2D eigenvalue weighted by molar-refractivity contribution is 6.39. The lowest BCUT2D eigenvalue weighted by molar-refractivity contribution is -0.117. The molecule has 0 spiro atoms. The van der Waals surface area contributed by atoms with E-state index in [1.54, 1.807) is 29.2 Å². The van der Waals surface area contributed by atoms with Gasteiger partial charge >= 0.3 is 0 Å². The van der Waals surface area contributed by atoms with Gasteiger partial charge in [-0.3, -0.25) is 19.2 Å². The second-order valence-corrected chi connectivity index (χ2v) is 9.00. The van der Waals surface area contributed by atoms with Gasteiger partial charge in [0.1, 0.15) is 0 Å². The van der Waals surface area contributed by atoms with Crippen LogP contribution < -0.4 is 15.1 Å². The van der Waals surface area contributed by atoms with Gasteiger partial charge in [-0.2, -0.15) is 0 Å². The third kappa shape index (κ3) is 4.08. The fourth-order valence-electron chi connectivity index (χ4n) is 4.46. The topological polar surface area (TPSA) is 86.8 Å². The Balaban J connectivity index is 1.32. The number of fused-ring (bicyclic) bond motifs is 1. The largest absolute Gasteiger partial charge is 0.346 e. The standard InChI is InChI=1S/C27H22ClN3O4/c1-16(17-8-11-19(12-9-17)30-14-4-7-24(30)32)29-25(33)18-10-13-20-21(15-18)27(35)31(26(20)34)23-6-3-2-5-22(23)28/h2-3,5-6,8-13,15-16H,4,7,14H2,1H3,(H,29,33). The van der Waals surface area contributed by atoms with E-state index in [1.807, 2.05) is 31.2 Å². The number of amides is 4. The second-order valence-electron chi connectivity index (χ2n) is 8.59. The molecule has 3 aromatic rings. The quantitative estimate of drug-likeness (QED) is 0.526. The van der Waals surface area contributed by atoms with Crippen LogP contribution in [0.1, 0.15) is 62.4 Å². The van der Waals surface area contributed by atoms with Crippen molar-refractivity contribution in [3.05, 3.63) is 94.0 Å². The van der Waals surface area contributed by atoms with Gasteiger partial charge in [0.05, 0.1) is 27.9 Å². The Kier molecular flexibility index (Phi) is 5.86. The fourth-order valence-corrected chi connectivity index (χ4v) is 4.68. The van der Waals surface area contributed by atoms with E-state index in [1.165, 1.54) is 18.2 Å². The van der Waals surface area contributed by atoms with Crippen LogP contribution in [0.3, 0.4) is 0 Å². The first-order valence-corrected chi connectivity index (χ1v) is 11.7. The van der Waals surface area contributed by atoms with E-state index in [9.17, 15) is 19.2 Å². The summed E-state index contributed by atoms with van der Waals surface area (Å²) in [6.07, 6.45) is 1.43. The Bertz CT molecular complexity index is 1370. The van der Waals surface area contributed by atoms with Crippen LogP contribution in [0.25, 0.3) is 0 Å². The Morgan fingerprint density at radius 3 is 2.34 bits per heavy atom. The molecule has 0 aromatic heterocycles. The normalized spacial score (nSPS) is 16.0. The number of anilines is 2. The third-order valence-corrected chi connectivity index (χ3v) is 6.69. The molecule has 2 aliphatic heterocycles. The lowest BCUT2D eigenvalue weighted by atomic mass is 10.0. The smallest absolute Gasteiger partial charge is 0.266 e. The molecule has 2 aliphatic rings. The first-order chi connectivity index (χ1) is 16.8. The number of carbonyl (C=O) groups is 4. The van der Waals surface area contributed by atoms with Gasteiger partial charge in [0, 0.05) is 24.2 Å². The molecule has 1 N–H and O–H groups in total. The monoisotopic (exact) mass is 487 g/mol. The molecular formula is C27H22ClN3O4. The van der Waals surface area contributed by atoms with Crippen LogP contribution in [0.2, 0.25) is 5.02 Å². The minimum atomic E-state index is -0.521. The van der Waals surface area contributed by atoms with Crippen molar-refractivity contribution in [1.82, 2.24) is 5.32 Å². The van der Waals surface area contributed by atoms with Crippen molar-refractivity contribution in [3.63, 3.8) is 0 Å². The molecule has 35 heavy (non-hydrogen) atoms. The highest BCUT2D eigenvalue weighted by Crippen LogP contribution is 2.33. The van der Waals surface area contributed by atoms with E-state index < -0.39 is 11.8 Å². The molecule has 5 rings (SSSR count). The Morgan fingerprint density at radius 2 is 1.66 bits per heavy atom. The van der Waals surface area contributed by atoms with E-state index in [2.05, 4.69) is 5.32 Å². The Hall–Kier alpha value is -3.97. The first-order valence-electron chi connectivity index (χ1n) is 11.3. The van der Waals surface area contributed by atoms with Gasteiger partial charge in [0.15, 0.2) is 0 Å². The number of nitrogens with one attached hydrogen (secondary N) is 1. The van der Waals surface area contributed by atoms with Crippen LogP contribution in [0.5, 0.6) is 0 Å². The average Bonchev–Trinajstić information content (AvgIpc) is 3.40. The van der Waals surface area contributed by atoms with Crippen LogP contribution in [0.15, 0.2) is 66.7 Å². The minimum absolute atomic E-state index is 0.122. The van der Waals surface area contributed by atoms with Crippen molar-refractivity contribution < 1.29 is 19.2 Å². The van der Waals surface area contributed by atoms with Crippen LogP contribution in [-0.2, 0) is 4.79 Å². The van der Waals surface area contributed by atoms with E-state index in [-0.39, 0.29) is 39.6 Å². The summed E-state index contributed by atoms with van der Waals surface area (Å²) >= 11 is 6.20. The fraction of sp³-hybridized carbons (Fsp3) is 0.185. The van der Waals surface area contributed by atoms with Gasteiger partial charge in [0.25, 0.3) is 17.7 Å². The zero-order valence-corrected chi connectivity index (χ0v) is 19.7. The summed E-state index contributed by atoms with van der Waals surface area (Å²) in [5.41, 5.74) is 2.70. The summed E-state index contributed by atoms with van der Waals surface area (Å²) in [5, 5.41) is 3.22. The molecule has 176 valence electrons. The molecule has 0 saturated carbocycles. The minimum Gasteiger partial charge on any atom is -0.346 e. The third-order valence-electron chi connectivity index (χ3n) is 6.37. The number of rotatable bonds is 5. The van der Waals surface area contributed by atoms with Crippen LogP contribution in [0, 0.1) is 0 Å². The van der Waals surface area contributed by atoms with Gasteiger partial charge in [0.2, 0.25) is 5.91 Å².